The van der Waals surface area contributed by atoms with E-state index in [1.165, 1.54) is 276 Å². The van der Waals surface area contributed by atoms with E-state index in [0.29, 0.717) is 25.7 Å². The molecule has 3 N–H and O–H groups in total. The van der Waals surface area contributed by atoms with Gasteiger partial charge < -0.3 is 33.8 Å². The van der Waals surface area contributed by atoms with Crippen molar-refractivity contribution < 1.29 is 80.2 Å². The average molecular weight is 1510 g/mol. The van der Waals surface area contributed by atoms with Gasteiger partial charge in [0.05, 0.1) is 26.4 Å². The van der Waals surface area contributed by atoms with Crippen molar-refractivity contribution in [1.29, 1.82) is 0 Å². The third-order valence-electron chi connectivity index (χ3n) is 19.8. The lowest BCUT2D eigenvalue weighted by Crippen LogP contribution is -2.30. The van der Waals surface area contributed by atoms with Crippen molar-refractivity contribution in [3.63, 3.8) is 0 Å². The topological polar surface area (TPSA) is 237 Å². The van der Waals surface area contributed by atoms with E-state index in [0.717, 1.165) is 95.8 Å². The average Bonchev–Trinajstić information content (AvgIpc) is 0.932. The number of aliphatic hydroxyl groups is 1. The second-order valence-corrected chi connectivity index (χ2v) is 33.6. The van der Waals surface area contributed by atoms with Crippen molar-refractivity contribution in [2.24, 2.45) is 5.92 Å². The molecular formula is C84H164O17P2. The van der Waals surface area contributed by atoms with Crippen LogP contribution >= 0.6 is 15.6 Å². The molecule has 0 spiro atoms. The molecule has 0 aliphatic heterocycles. The lowest BCUT2D eigenvalue weighted by molar-refractivity contribution is -0.161. The Balaban J connectivity index is 5.24. The molecule has 0 saturated heterocycles. The van der Waals surface area contributed by atoms with E-state index in [-0.39, 0.29) is 25.7 Å². The maximum atomic E-state index is 13.1. The normalized spacial score (nSPS) is 13.8. The zero-order valence-electron chi connectivity index (χ0n) is 67.5. The summed E-state index contributed by atoms with van der Waals surface area (Å²) >= 11 is 0. The number of unbranched alkanes of at least 4 members (excludes halogenated alkanes) is 56. The van der Waals surface area contributed by atoms with Gasteiger partial charge in [-0.15, -0.1) is 0 Å². The highest BCUT2D eigenvalue weighted by Gasteiger charge is 2.30. The fourth-order valence-corrected chi connectivity index (χ4v) is 14.7. The standard InChI is InChI=1S/C84H164O17P2/c1-6-9-12-15-18-21-24-27-29-31-33-35-37-40-42-47-52-57-62-67-81(86)94-73-79(100-84(89)70-65-60-55-49-44-41-38-36-34-32-30-28-25-22-19-16-13-10-7-2)75-98-102(90,91)96-71-78(85)72-97-103(92,93)99-76-80(74-95-82(87)68-63-58-53-50-45-46-51-56-61-66-77(4)5)101-83(88)69-64-59-54-48-43-39-26-23-20-17-14-11-8-3/h77-80,85H,6-76H2,1-5H3,(H,90,91)(H,92,93)/t78-,79-,80-/m1/s1. The number of ether oxygens (including phenoxy) is 4. The van der Waals surface area contributed by atoms with Crippen LogP contribution in [-0.2, 0) is 65.4 Å². The van der Waals surface area contributed by atoms with Crippen LogP contribution < -0.4 is 0 Å². The van der Waals surface area contributed by atoms with Gasteiger partial charge in [0.1, 0.15) is 19.3 Å². The molecule has 17 nitrogen and oxygen atoms in total. The van der Waals surface area contributed by atoms with Crippen molar-refractivity contribution in [1.82, 2.24) is 0 Å². The number of hydrogen-bond donors (Lipinski definition) is 3. The Morgan fingerprint density at radius 2 is 0.447 bits per heavy atom. The highest BCUT2D eigenvalue weighted by atomic mass is 31.2. The van der Waals surface area contributed by atoms with Gasteiger partial charge in [-0.1, -0.05) is 401 Å². The summed E-state index contributed by atoms with van der Waals surface area (Å²) in [6.07, 6.45) is 69.4. The summed E-state index contributed by atoms with van der Waals surface area (Å²) in [6, 6.07) is 0. The molecule has 0 aliphatic rings. The van der Waals surface area contributed by atoms with Crippen LogP contribution in [0.25, 0.3) is 0 Å². The highest BCUT2D eigenvalue weighted by Crippen LogP contribution is 2.45. The van der Waals surface area contributed by atoms with Crippen molar-refractivity contribution in [3.05, 3.63) is 0 Å². The van der Waals surface area contributed by atoms with E-state index < -0.39 is 97.5 Å². The van der Waals surface area contributed by atoms with Gasteiger partial charge in [-0.05, 0) is 31.6 Å². The Kier molecular flexibility index (Phi) is 75.4. The predicted molar refractivity (Wildman–Crippen MR) is 423 cm³/mol. The molecule has 0 aliphatic carbocycles. The maximum absolute atomic E-state index is 13.1. The fraction of sp³-hybridized carbons (Fsp3) is 0.952. The molecule has 0 aromatic heterocycles. The maximum Gasteiger partial charge on any atom is 0.472 e. The van der Waals surface area contributed by atoms with Gasteiger partial charge in [0.25, 0.3) is 0 Å². The monoisotopic (exact) mass is 1510 g/mol. The van der Waals surface area contributed by atoms with E-state index in [9.17, 15) is 43.2 Å². The van der Waals surface area contributed by atoms with Crippen molar-refractivity contribution in [3.8, 4) is 0 Å². The van der Waals surface area contributed by atoms with Crippen LogP contribution in [-0.4, -0.2) is 96.7 Å². The number of aliphatic hydroxyl groups excluding tert-OH is 1. The highest BCUT2D eigenvalue weighted by molar-refractivity contribution is 7.47. The second kappa shape index (κ2) is 76.8. The molecule has 5 atom stereocenters. The van der Waals surface area contributed by atoms with Crippen LogP contribution in [0, 0.1) is 5.92 Å². The Hall–Kier alpha value is -1.94. The molecular weight excluding hydrogens is 1340 g/mol. The van der Waals surface area contributed by atoms with Gasteiger partial charge >= 0.3 is 39.5 Å². The first-order chi connectivity index (χ1) is 50.0. The van der Waals surface area contributed by atoms with Gasteiger partial charge in [-0.3, -0.25) is 37.3 Å². The van der Waals surface area contributed by atoms with Crippen LogP contribution in [0.15, 0.2) is 0 Å². The summed E-state index contributed by atoms with van der Waals surface area (Å²) < 4.78 is 68.8. The molecule has 612 valence electrons. The lowest BCUT2D eigenvalue weighted by Gasteiger charge is -2.21. The molecule has 0 aromatic carbocycles. The van der Waals surface area contributed by atoms with E-state index in [2.05, 4.69) is 34.6 Å². The number of phosphoric ester groups is 2. The van der Waals surface area contributed by atoms with Gasteiger partial charge in [0, 0.05) is 25.7 Å². The van der Waals surface area contributed by atoms with Crippen LogP contribution in [0.5, 0.6) is 0 Å². The minimum absolute atomic E-state index is 0.108. The predicted octanol–water partition coefficient (Wildman–Crippen LogP) is 25.6. The van der Waals surface area contributed by atoms with E-state index in [4.69, 9.17) is 37.0 Å². The number of esters is 4. The zero-order chi connectivity index (χ0) is 75.5. The number of carbonyl (C=O) groups is 4. The molecule has 2 unspecified atom stereocenters. The molecule has 0 aromatic rings. The molecule has 0 heterocycles. The molecule has 103 heavy (non-hydrogen) atoms. The van der Waals surface area contributed by atoms with E-state index >= 15 is 0 Å². The first kappa shape index (κ1) is 101. The molecule has 19 heteroatoms. The number of carbonyl (C=O) groups excluding carboxylic acids is 4. The number of phosphoric acid groups is 2. The summed E-state index contributed by atoms with van der Waals surface area (Å²) in [6.45, 7) is 7.33. The first-order valence-electron chi connectivity index (χ1n) is 43.6. The molecule has 0 bridgehead atoms. The summed E-state index contributed by atoms with van der Waals surface area (Å²) in [4.78, 5) is 73.2. The Morgan fingerprint density at radius 1 is 0.262 bits per heavy atom. The molecule has 0 amide bonds. The first-order valence-corrected chi connectivity index (χ1v) is 46.6. The summed E-state index contributed by atoms with van der Waals surface area (Å²) in [5.41, 5.74) is 0. The van der Waals surface area contributed by atoms with E-state index in [1.54, 1.807) is 0 Å². The SMILES string of the molecule is CCCCCCCCCCCCCCCCCCCCCC(=O)OC[C@H](COP(=O)(O)OC[C@@H](O)COP(=O)(O)OC[C@@H](COC(=O)CCCCCCCCCCCC(C)C)OC(=O)CCCCCCCCCCCCCCC)OC(=O)CCCCCCCCCCCCCCCCCCCCC. The third-order valence-corrected chi connectivity index (χ3v) is 21.7. The minimum atomic E-state index is -4.96. The molecule has 0 saturated carbocycles. The fourth-order valence-electron chi connectivity index (χ4n) is 13.1. The lowest BCUT2D eigenvalue weighted by atomic mass is 10.0. The molecule has 0 rings (SSSR count). The summed E-state index contributed by atoms with van der Waals surface area (Å²) in [5, 5.41) is 10.7. The molecule has 0 fully saturated rings. The largest absolute Gasteiger partial charge is 0.472 e. The zero-order valence-corrected chi connectivity index (χ0v) is 69.3. The Morgan fingerprint density at radius 3 is 0.660 bits per heavy atom. The smallest absolute Gasteiger partial charge is 0.462 e. The third kappa shape index (κ3) is 78.0. The minimum Gasteiger partial charge on any atom is -0.462 e. The van der Waals surface area contributed by atoms with Crippen molar-refractivity contribution in [2.75, 3.05) is 39.6 Å². The van der Waals surface area contributed by atoms with Crippen molar-refractivity contribution >= 4 is 39.5 Å². The van der Waals surface area contributed by atoms with Crippen LogP contribution in [0.3, 0.4) is 0 Å². The van der Waals surface area contributed by atoms with Gasteiger partial charge in [0.15, 0.2) is 12.2 Å². The summed E-state index contributed by atoms with van der Waals surface area (Å²) in [7, 11) is -9.92. The number of hydrogen-bond acceptors (Lipinski definition) is 15. The second-order valence-electron chi connectivity index (χ2n) is 30.7. The number of rotatable bonds is 84. The van der Waals surface area contributed by atoms with Crippen LogP contribution in [0.4, 0.5) is 0 Å². The quantitative estimate of drug-likeness (QED) is 0.0222. The van der Waals surface area contributed by atoms with Gasteiger partial charge in [-0.2, -0.15) is 0 Å². The summed E-state index contributed by atoms with van der Waals surface area (Å²) in [5.74, 6) is -1.36. The van der Waals surface area contributed by atoms with Crippen LogP contribution in [0.2, 0.25) is 0 Å². The van der Waals surface area contributed by atoms with Gasteiger partial charge in [0.2, 0.25) is 0 Å². The van der Waals surface area contributed by atoms with E-state index in [1.807, 2.05) is 0 Å². The Labute approximate surface area is 632 Å². The molecule has 0 radical (unpaired) electrons. The van der Waals surface area contributed by atoms with Gasteiger partial charge in [-0.25, -0.2) is 9.13 Å². The van der Waals surface area contributed by atoms with Crippen LogP contribution in [0.1, 0.15) is 452 Å². The van der Waals surface area contributed by atoms with Crippen molar-refractivity contribution in [2.45, 2.75) is 470 Å². The Bertz CT molecular complexity index is 1960.